The van der Waals surface area contributed by atoms with E-state index in [0.29, 0.717) is 5.02 Å². The third-order valence-electron chi connectivity index (χ3n) is 3.25. The van der Waals surface area contributed by atoms with Gasteiger partial charge in [0.05, 0.1) is 0 Å². The van der Waals surface area contributed by atoms with Crippen LogP contribution in [0, 0.1) is 12.8 Å². The maximum atomic E-state index is 11.9. The highest BCUT2D eigenvalue weighted by Gasteiger charge is 2.22. The predicted molar refractivity (Wildman–Crippen MR) is 66.8 cm³/mol. The van der Waals surface area contributed by atoms with E-state index in [1.807, 2.05) is 25.1 Å². The molecule has 0 spiro atoms. The van der Waals surface area contributed by atoms with Gasteiger partial charge in [-0.2, -0.15) is 0 Å². The number of anilines is 1. The summed E-state index contributed by atoms with van der Waals surface area (Å²) in [6.45, 7) is 1.92. The fourth-order valence-electron chi connectivity index (χ4n) is 2.17. The first kappa shape index (κ1) is 11.5. The number of benzene rings is 1. The summed E-state index contributed by atoms with van der Waals surface area (Å²) in [5.41, 5.74) is 1.78. The number of carbonyl (C=O) groups excluding carboxylic acids is 1. The first-order chi connectivity index (χ1) is 7.68. The molecule has 1 saturated carbocycles. The van der Waals surface area contributed by atoms with E-state index < -0.39 is 0 Å². The molecule has 1 aromatic rings. The summed E-state index contributed by atoms with van der Waals surface area (Å²) in [6.07, 6.45) is 4.39. The van der Waals surface area contributed by atoms with E-state index in [-0.39, 0.29) is 11.8 Å². The second kappa shape index (κ2) is 4.88. The maximum Gasteiger partial charge on any atom is 0.227 e. The van der Waals surface area contributed by atoms with Gasteiger partial charge < -0.3 is 5.32 Å². The summed E-state index contributed by atoms with van der Waals surface area (Å²) in [6, 6.07) is 5.59. The lowest BCUT2D eigenvalue weighted by atomic mass is 10.1. The maximum absolute atomic E-state index is 11.9. The highest BCUT2D eigenvalue weighted by atomic mass is 35.5. The van der Waals surface area contributed by atoms with Crippen LogP contribution < -0.4 is 5.32 Å². The van der Waals surface area contributed by atoms with Crippen LogP contribution in [0.25, 0.3) is 0 Å². The Kier molecular flexibility index (Phi) is 3.49. The topological polar surface area (TPSA) is 29.1 Å². The van der Waals surface area contributed by atoms with E-state index in [0.717, 1.165) is 24.1 Å². The van der Waals surface area contributed by atoms with E-state index in [2.05, 4.69) is 5.32 Å². The van der Waals surface area contributed by atoms with Crippen molar-refractivity contribution in [1.82, 2.24) is 0 Å². The van der Waals surface area contributed by atoms with Gasteiger partial charge in [-0.1, -0.05) is 30.5 Å². The van der Waals surface area contributed by atoms with Gasteiger partial charge in [0.1, 0.15) is 0 Å². The van der Waals surface area contributed by atoms with Crippen molar-refractivity contribution in [2.75, 3.05) is 5.32 Å². The van der Waals surface area contributed by atoms with E-state index >= 15 is 0 Å². The number of hydrogen-bond donors (Lipinski definition) is 1. The molecule has 1 fully saturated rings. The predicted octanol–water partition coefficient (Wildman–Crippen LogP) is 3.78. The minimum atomic E-state index is 0.142. The van der Waals surface area contributed by atoms with Crippen molar-refractivity contribution in [2.24, 2.45) is 5.92 Å². The normalized spacial score (nSPS) is 16.4. The van der Waals surface area contributed by atoms with Gasteiger partial charge in [-0.15, -0.1) is 0 Å². The summed E-state index contributed by atoms with van der Waals surface area (Å²) in [5, 5.41) is 3.67. The minimum absolute atomic E-state index is 0.142. The third kappa shape index (κ3) is 2.38. The number of carbonyl (C=O) groups is 1. The van der Waals surface area contributed by atoms with Crippen LogP contribution >= 0.6 is 11.6 Å². The highest BCUT2D eigenvalue weighted by molar-refractivity contribution is 6.31. The lowest BCUT2D eigenvalue weighted by Gasteiger charge is -2.12. The molecule has 2 nitrogen and oxygen atoms in total. The molecule has 0 saturated heterocycles. The molecule has 1 N–H and O–H groups in total. The molecule has 0 aromatic heterocycles. The van der Waals surface area contributed by atoms with Crippen LogP contribution in [-0.2, 0) is 4.79 Å². The van der Waals surface area contributed by atoms with Crippen molar-refractivity contribution >= 4 is 23.2 Å². The molecular weight excluding hydrogens is 222 g/mol. The molecular formula is C13H16ClNO. The SMILES string of the molecule is Cc1c(Cl)cccc1NC(=O)C1CCCC1. The van der Waals surface area contributed by atoms with E-state index in [1.54, 1.807) is 0 Å². The van der Waals surface area contributed by atoms with Gasteiger partial charge in [0.15, 0.2) is 0 Å². The molecule has 0 unspecified atom stereocenters. The van der Waals surface area contributed by atoms with Gasteiger partial charge in [0.25, 0.3) is 0 Å². The van der Waals surface area contributed by atoms with Crippen LogP contribution in [-0.4, -0.2) is 5.91 Å². The average molecular weight is 238 g/mol. The Balaban J connectivity index is 2.08. The Labute approximate surface area is 101 Å². The van der Waals surface area contributed by atoms with Gasteiger partial charge >= 0.3 is 0 Å². The van der Waals surface area contributed by atoms with Crippen LogP contribution in [0.4, 0.5) is 5.69 Å². The van der Waals surface area contributed by atoms with Crippen molar-refractivity contribution in [3.8, 4) is 0 Å². The first-order valence-electron chi connectivity index (χ1n) is 5.74. The molecule has 0 bridgehead atoms. The molecule has 86 valence electrons. The Morgan fingerprint density at radius 1 is 1.38 bits per heavy atom. The molecule has 3 heteroatoms. The van der Waals surface area contributed by atoms with Crippen molar-refractivity contribution in [3.05, 3.63) is 28.8 Å². The summed E-state index contributed by atoms with van der Waals surface area (Å²) in [7, 11) is 0. The molecule has 1 aliphatic carbocycles. The van der Waals surface area contributed by atoms with Crippen molar-refractivity contribution in [1.29, 1.82) is 0 Å². The van der Waals surface area contributed by atoms with Gasteiger partial charge in [-0.3, -0.25) is 4.79 Å². The monoisotopic (exact) mass is 237 g/mol. The standard InChI is InChI=1S/C13H16ClNO/c1-9-11(14)7-4-8-12(9)15-13(16)10-5-2-3-6-10/h4,7-8,10H,2-3,5-6H2,1H3,(H,15,16). The van der Waals surface area contributed by atoms with Crippen LogP contribution in [0.2, 0.25) is 5.02 Å². The molecule has 0 atom stereocenters. The molecule has 2 rings (SSSR count). The minimum Gasteiger partial charge on any atom is -0.326 e. The van der Waals surface area contributed by atoms with E-state index in [1.165, 1.54) is 12.8 Å². The zero-order valence-electron chi connectivity index (χ0n) is 9.42. The zero-order chi connectivity index (χ0) is 11.5. The molecule has 1 aliphatic rings. The van der Waals surface area contributed by atoms with Crippen LogP contribution in [0.5, 0.6) is 0 Å². The molecule has 1 amide bonds. The molecule has 0 heterocycles. The lowest BCUT2D eigenvalue weighted by Crippen LogP contribution is -2.20. The molecule has 1 aromatic carbocycles. The summed E-state index contributed by atoms with van der Waals surface area (Å²) >= 11 is 6.01. The van der Waals surface area contributed by atoms with Crippen LogP contribution in [0.15, 0.2) is 18.2 Å². The quantitative estimate of drug-likeness (QED) is 0.834. The second-order valence-electron chi connectivity index (χ2n) is 4.38. The Hall–Kier alpha value is -1.02. The Bertz CT molecular complexity index is 397. The molecule has 0 radical (unpaired) electrons. The molecule has 0 aliphatic heterocycles. The van der Waals surface area contributed by atoms with Crippen LogP contribution in [0.3, 0.4) is 0 Å². The van der Waals surface area contributed by atoms with Crippen LogP contribution in [0.1, 0.15) is 31.2 Å². The molecule has 16 heavy (non-hydrogen) atoms. The first-order valence-corrected chi connectivity index (χ1v) is 6.12. The summed E-state index contributed by atoms with van der Waals surface area (Å²) in [4.78, 5) is 11.9. The van der Waals surface area contributed by atoms with Crippen molar-refractivity contribution in [2.45, 2.75) is 32.6 Å². The van der Waals surface area contributed by atoms with Gasteiger partial charge in [-0.05, 0) is 37.5 Å². The number of amides is 1. The number of nitrogens with one attached hydrogen (secondary N) is 1. The Morgan fingerprint density at radius 2 is 2.06 bits per heavy atom. The average Bonchev–Trinajstić information content (AvgIpc) is 2.78. The van der Waals surface area contributed by atoms with Crippen molar-refractivity contribution in [3.63, 3.8) is 0 Å². The van der Waals surface area contributed by atoms with Gasteiger partial charge in [-0.25, -0.2) is 0 Å². The second-order valence-corrected chi connectivity index (χ2v) is 4.79. The number of halogens is 1. The van der Waals surface area contributed by atoms with Gasteiger partial charge in [0.2, 0.25) is 5.91 Å². The lowest BCUT2D eigenvalue weighted by molar-refractivity contribution is -0.119. The third-order valence-corrected chi connectivity index (χ3v) is 3.66. The summed E-state index contributed by atoms with van der Waals surface area (Å²) < 4.78 is 0. The fourth-order valence-corrected chi connectivity index (χ4v) is 2.34. The number of rotatable bonds is 2. The van der Waals surface area contributed by atoms with E-state index in [4.69, 9.17) is 11.6 Å². The fraction of sp³-hybridized carbons (Fsp3) is 0.462. The Morgan fingerprint density at radius 3 is 2.75 bits per heavy atom. The smallest absolute Gasteiger partial charge is 0.227 e. The van der Waals surface area contributed by atoms with Crippen molar-refractivity contribution < 1.29 is 4.79 Å². The van der Waals surface area contributed by atoms with E-state index in [9.17, 15) is 4.79 Å². The largest absolute Gasteiger partial charge is 0.326 e. The van der Waals surface area contributed by atoms with Gasteiger partial charge in [0, 0.05) is 16.6 Å². The number of hydrogen-bond acceptors (Lipinski definition) is 1. The highest BCUT2D eigenvalue weighted by Crippen LogP contribution is 2.28. The zero-order valence-corrected chi connectivity index (χ0v) is 10.2. The summed E-state index contributed by atoms with van der Waals surface area (Å²) in [5.74, 6) is 0.334.